The van der Waals surface area contributed by atoms with E-state index in [1.54, 1.807) is 0 Å². The standard InChI is InChI=1S/C26H50BN3/c1-20-9-8-11-25-26(20)30(16-15-29(25)4)19-24-13-12-22(17-21(24)2)23(18-28-3)10-6-5-7-14-27/h20-26,28H,5-19H2,1-4H3. The largest absolute Gasteiger partial charge is 0.319 e. The Labute approximate surface area is 189 Å². The van der Waals surface area contributed by atoms with Crippen LogP contribution in [0.25, 0.3) is 0 Å². The summed E-state index contributed by atoms with van der Waals surface area (Å²) < 4.78 is 0. The summed E-state index contributed by atoms with van der Waals surface area (Å²) in [5.74, 6) is 4.45. The maximum Gasteiger partial charge on any atom is 0.0653 e. The van der Waals surface area contributed by atoms with Crippen LogP contribution in [0.15, 0.2) is 0 Å². The smallest absolute Gasteiger partial charge is 0.0653 e. The van der Waals surface area contributed by atoms with Crippen LogP contribution >= 0.6 is 0 Å². The van der Waals surface area contributed by atoms with Crippen LogP contribution in [0.5, 0.6) is 0 Å². The van der Waals surface area contributed by atoms with Gasteiger partial charge in [0.05, 0.1) is 7.85 Å². The fourth-order valence-corrected chi connectivity index (χ4v) is 7.26. The van der Waals surface area contributed by atoms with E-state index in [-0.39, 0.29) is 0 Å². The topological polar surface area (TPSA) is 18.5 Å². The number of piperazine rings is 1. The molecular weight excluding hydrogens is 365 g/mol. The van der Waals surface area contributed by atoms with Gasteiger partial charge in [0.2, 0.25) is 0 Å². The number of hydrogen-bond acceptors (Lipinski definition) is 3. The average Bonchev–Trinajstić information content (AvgIpc) is 2.74. The Morgan fingerprint density at radius 1 is 1.00 bits per heavy atom. The first-order chi connectivity index (χ1) is 14.5. The molecule has 3 fully saturated rings. The van der Waals surface area contributed by atoms with E-state index in [1.807, 2.05) is 0 Å². The molecule has 4 heteroatoms. The van der Waals surface area contributed by atoms with Crippen LogP contribution in [0.3, 0.4) is 0 Å². The summed E-state index contributed by atoms with van der Waals surface area (Å²) in [7, 11) is 10.2. The Morgan fingerprint density at radius 3 is 2.57 bits per heavy atom. The van der Waals surface area contributed by atoms with Gasteiger partial charge in [-0.2, -0.15) is 0 Å². The first-order valence-corrected chi connectivity index (χ1v) is 13.3. The molecule has 30 heavy (non-hydrogen) atoms. The van der Waals surface area contributed by atoms with Crippen molar-refractivity contribution in [3.05, 3.63) is 0 Å². The van der Waals surface area contributed by atoms with Gasteiger partial charge in [0, 0.05) is 31.7 Å². The molecule has 0 amide bonds. The van der Waals surface area contributed by atoms with Crippen molar-refractivity contribution in [1.29, 1.82) is 0 Å². The number of fused-ring (bicyclic) bond motifs is 1. The van der Waals surface area contributed by atoms with Gasteiger partial charge in [-0.15, -0.1) is 0 Å². The average molecular weight is 416 g/mol. The molecule has 1 aliphatic heterocycles. The first-order valence-electron chi connectivity index (χ1n) is 13.3. The third-order valence-corrected chi connectivity index (χ3v) is 9.13. The van der Waals surface area contributed by atoms with Crippen molar-refractivity contribution in [2.75, 3.05) is 40.3 Å². The second-order valence-corrected chi connectivity index (χ2v) is 11.2. The second kappa shape index (κ2) is 12.3. The van der Waals surface area contributed by atoms with E-state index in [4.69, 9.17) is 7.85 Å². The highest BCUT2D eigenvalue weighted by Gasteiger charge is 2.42. The van der Waals surface area contributed by atoms with E-state index >= 15 is 0 Å². The molecule has 0 spiro atoms. The SMILES string of the molecule is [B]CCCCCC(CNC)C1CCC(CN2CCN(C)C3CCCC(C)C32)C(C)C1. The molecule has 0 aromatic carbocycles. The molecular formula is C26H50BN3. The quantitative estimate of drug-likeness (QED) is 0.407. The monoisotopic (exact) mass is 415 g/mol. The van der Waals surface area contributed by atoms with Crippen molar-refractivity contribution in [3.63, 3.8) is 0 Å². The van der Waals surface area contributed by atoms with E-state index in [0.717, 1.165) is 48.0 Å². The summed E-state index contributed by atoms with van der Waals surface area (Å²) in [6.45, 7) is 10.2. The van der Waals surface area contributed by atoms with Crippen molar-refractivity contribution < 1.29 is 0 Å². The Bertz CT molecular complexity index is 487. The van der Waals surface area contributed by atoms with Crippen LogP contribution in [-0.4, -0.2) is 70.0 Å². The van der Waals surface area contributed by atoms with Gasteiger partial charge in [-0.3, -0.25) is 4.90 Å². The zero-order chi connectivity index (χ0) is 21.5. The lowest BCUT2D eigenvalue weighted by Crippen LogP contribution is -2.62. The fraction of sp³-hybridized carbons (Fsp3) is 1.00. The van der Waals surface area contributed by atoms with E-state index in [1.165, 1.54) is 90.4 Å². The molecule has 2 radical (unpaired) electrons. The summed E-state index contributed by atoms with van der Waals surface area (Å²) >= 11 is 0. The van der Waals surface area contributed by atoms with E-state index in [9.17, 15) is 0 Å². The summed E-state index contributed by atoms with van der Waals surface area (Å²) in [5.41, 5.74) is 0. The zero-order valence-corrected chi connectivity index (χ0v) is 20.6. The predicted molar refractivity (Wildman–Crippen MR) is 131 cm³/mol. The molecule has 172 valence electrons. The number of rotatable bonds is 10. The van der Waals surface area contributed by atoms with Crippen molar-refractivity contribution >= 4 is 7.85 Å². The highest BCUT2D eigenvalue weighted by Crippen LogP contribution is 2.41. The summed E-state index contributed by atoms with van der Waals surface area (Å²) in [6.07, 6.45) is 14.7. The van der Waals surface area contributed by atoms with Gasteiger partial charge < -0.3 is 10.2 Å². The molecule has 3 nitrogen and oxygen atoms in total. The molecule has 2 aliphatic carbocycles. The number of unbranched alkanes of at least 4 members (excludes halogenated alkanes) is 2. The Hall–Kier alpha value is -0.0551. The molecule has 3 aliphatic rings. The fourth-order valence-electron chi connectivity index (χ4n) is 7.26. The molecule has 7 unspecified atom stereocenters. The molecule has 0 bridgehead atoms. The van der Waals surface area contributed by atoms with Gasteiger partial charge in [0.1, 0.15) is 0 Å². The van der Waals surface area contributed by atoms with Crippen molar-refractivity contribution in [2.45, 2.75) is 96.5 Å². The number of hydrogen-bond donors (Lipinski definition) is 1. The Kier molecular flexibility index (Phi) is 10.0. The first kappa shape index (κ1) is 24.6. The van der Waals surface area contributed by atoms with Gasteiger partial charge >= 0.3 is 0 Å². The van der Waals surface area contributed by atoms with Gasteiger partial charge in [0.25, 0.3) is 0 Å². The molecule has 0 aromatic heterocycles. The van der Waals surface area contributed by atoms with Crippen molar-refractivity contribution in [3.8, 4) is 0 Å². The molecule has 1 N–H and O–H groups in total. The normalized spacial score (nSPS) is 37.1. The van der Waals surface area contributed by atoms with Crippen molar-refractivity contribution in [1.82, 2.24) is 15.1 Å². The number of nitrogens with zero attached hydrogens (tertiary/aromatic N) is 2. The third-order valence-electron chi connectivity index (χ3n) is 9.13. The van der Waals surface area contributed by atoms with Gasteiger partial charge in [0.15, 0.2) is 0 Å². The molecule has 1 heterocycles. The van der Waals surface area contributed by atoms with Gasteiger partial charge in [-0.1, -0.05) is 45.9 Å². The lowest BCUT2D eigenvalue weighted by Gasteiger charge is -2.53. The van der Waals surface area contributed by atoms with Crippen LogP contribution in [0, 0.1) is 29.6 Å². The van der Waals surface area contributed by atoms with Crippen molar-refractivity contribution in [2.24, 2.45) is 29.6 Å². The predicted octanol–water partition coefficient (Wildman–Crippen LogP) is 4.83. The van der Waals surface area contributed by atoms with Crippen LogP contribution in [0.1, 0.15) is 78.1 Å². The van der Waals surface area contributed by atoms with E-state index < -0.39 is 0 Å². The Balaban J connectivity index is 1.53. The molecule has 7 atom stereocenters. The van der Waals surface area contributed by atoms with Gasteiger partial charge in [-0.05, 0) is 88.8 Å². The maximum absolute atomic E-state index is 5.70. The Morgan fingerprint density at radius 2 is 1.83 bits per heavy atom. The molecule has 0 aromatic rings. The molecule has 3 rings (SSSR count). The molecule has 2 saturated carbocycles. The lowest BCUT2D eigenvalue weighted by atomic mass is 9.69. The van der Waals surface area contributed by atoms with E-state index in [0.29, 0.717) is 0 Å². The minimum absolute atomic E-state index is 0.807. The summed E-state index contributed by atoms with van der Waals surface area (Å²) in [5, 5.41) is 3.50. The highest BCUT2D eigenvalue weighted by molar-refractivity contribution is 6.08. The van der Waals surface area contributed by atoms with Crippen LogP contribution in [-0.2, 0) is 0 Å². The van der Waals surface area contributed by atoms with Gasteiger partial charge in [-0.25, -0.2) is 0 Å². The third kappa shape index (κ3) is 6.26. The number of nitrogens with one attached hydrogen (secondary N) is 1. The highest BCUT2D eigenvalue weighted by atomic mass is 15.3. The lowest BCUT2D eigenvalue weighted by molar-refractivity contribution is -0.0334. The minimum atomic E-state index is 0.807. The molecule has 1 saturated heterocycles. The number of likely N-dealkylation sites (N-methyl/N-ethyl adjacent to an activating group) is 1. The van der Waals surface area contributed by atoms with Crippen LogP contribution < -0.4 is 5.32 Å². The van der Waals surface area contributed by atoms with Crippen LogP contribution in [0.2, 0.25) is 6.32 Å². The second-order valence-electron chi connectivity index (χ2n) is 11.2. The van der Waals surface area contributed by atoms with Crippen LogP contribution in [0.4, 0.5) is 0 Å². The maximum atomic E-state index is 5.70. The minimum Gasteiger partial charge on any atom is -0.319 e. The summed E-state index contributed by atoms with van der Waals surface area (Å²) in [6, 6.07) is 1.62. The zero-order valence-electron chi connectivity index (χ0n) is 20.6. The summed E-state index contributed by atoms with van der Waals surface area (Å²) in [4.78, 5) is 5.61. The van der Waals surface area contributed by atoms with E-state index in [2.05, 4.69) is 43.1 Å².